The zero-order valence-electron chi connectivity index (χ0n) is 19.1. The van der Waals surface area contributed by atoms with Crippen molar-refractivity contribution >= 4 is 12.1 Å². The highest BCUT2D eigenvalue weighted by Crippen LogP contribution is 2.11. The molecule has 0 saturated carbocycles. The minimum atomic E-state index is -0.509. The van der Waals surface area contributed by atoms with Crippen LogP contribution in [0.4, 0.5) is 4.79 Å². The summed E-state index contributed by atoms with van der Waals surface area (Å²) in [4.78, 5) is 22.7. The molecule has 164 valence electrons. The number of amides is 1. The Hall–Kier alpha value is -2.51. The number of ether oxygens (including phenoxy) is 2. The van der Waals surface area contributed by atoms with Gasteiger partial charge in [-0.05, 0) is 38.7 Å². The van der Waals surface area contributed by atoms with E-state index in [9.17, 15) is 4.79 Å². The molecule has 0 radical (unpaired) electrons. The maximum Gasteiger partial charge on any atom is 0.407 e. The first-order valence-corrected chi connectivity index (χ1v) is 9.96. The Kier molecular flexibility index (Phi) is 9.71. The summed E-state index contributed by atoms with van der Waals surface area (Å²) >= 11 is 0. The molecule has 0 fully saturated rings. The third kappa shape index (κ3) is 9.49. The summed E-state index contributed by atoms with van der Waals surface area (Å²) < 4.78 is 10.5. The predicted molar refractivity (Wildman–Crippen MR) is 116 cm³/mol. The summed E-state index contributed by atoms with van der Waals surface area (Å²) in [6, 6.07) is 3.81. The lowest BCUT2D eigenvalue weighted by Crippen LogP contribution is -2.45. The number of aromatic nitrogens is 1. The first-order chi connectivity index (χ1) is 13.6. The van der Waals surface area contributed by atoms with E-state index in [1.807, 2.05) is 44.9 Å². The van der Waals surface area contributed by atoms with Gasteiger partial charge in [0.1, 0.15) is 5.60 Å². The van der Waals surface area contributed by atoms with Crippen molar-refractivity contribution in [1.29, 1.82) is 0 Å². The Morgan fingerprint density at radius 3 is 2.48 bits per heavy atom. The van der Waals surface area contributed by atoms with Crippen LogP contribution in [-0.2, 0) is 11.3 Å². The average molecular weight is 408 g/mol. The molecular weight excluding hydrogens is 370 g/mol. The van der Waals surface area contributed by atoms with Crippen molar-refractivity contribution in [3.05, 3.63) is 23.9 Å². The summed E-state index contributed by atoms with van der Waals surface area (Å²) in [6.45, 7) is 11.1. The second-order valence-electron chi connectivity index (χ2n) is 8.32. The summed E-state index contributed by atoms with van der Waals surface area (Å²) in [7, 11) is 5.33. The van der Waals surface area contributed by atoms with Crippen molar-refractivity contribution in [3.8, 4) is 5.88 Å². The fourth-order valence-corrected chi connectivity index (χ4v) is 2.67. The Bertz CT molecular complexity index is 653. The zero-order chi connectivity index (χ0) is 22.0. The van der Waals surface area contributed by atoms with Gasteiger partial charge in [-0.3, -0.25) is 4.99 Å². The molecular formula is C21H37N5O3. The van der Waals surface area contributed by atoms with E-state index in [2.05, 4.69) is 34.5 Å². The van der Waals surface area contributed by atoms with Gasteiger partial charge in [0, 0.05) is 45.5 Å². The summed E-state index contributed by atoms with van der Waals surface area (Å²) in [5.74, 6) is 1.66. The Labute approximate surface area is 175 Å². The van der Waals surface area contributed by atoms with E-state index in [1.165, 1.54) is 0 Å². The van der Waals surface area contributed by atoms with E-state index < -0.39 is 5.60 Å². The molecule has 2 N–H and O–H groups in total. The van der Waals surface area contributed by atoms with Crippen LogP contribution in [-0.4, -0.2) is 61.3 Å². The van der Waals surface area contributed by atoms with Crippen LogP contribution in [0.15, 0.2) is 23.3 Å². The van der Waals surface area contributed by atoms with E-state index in [0.717, 1.165) is 24.5 Å². The molecule has 1 rings (SSSR count). The van der Waals surface area contributed by atoms with Gasteiger partial charge in [-0.2, -0.15) is 0 Å². The molecule has 0 saturated heterocycles. The first kappa shape index (κ1) is 24.5. The SMILES string of the molecule is CN=C(NCc1ccc(OC)nc1)N(C)CCC(NC(=O)OC(C)(C)C)C(C)C. The number of pyridine rings is 1. The third-order valence-electron chi connectivity index (χ3n) is 4.31. The minimum Gasteiger partial charge on any atom is -0.481 e. The van der Waals surface area contributed by atoms with Crippen LogP contribution in [0.3, 0.4) is 0 Å². The van der Waals surface area contributed by atoms with Crippen LogP contribution in [0.5, 0.6) is 5.88 Å². The molecule has 0 spiro atoms. The molecule has 1 aromatic heterocycles. The number of guanidine groups is 1. The van der Waals surface area contributed by atoms with Crippen LogP contribution in [0.25, 0.3) is 0 Å². The molecule has 1 heterocycles. The second-order valence-corrected chi connectivity index (χ2v) is 8.32. The van der Waals surface area contributed by atoms with Crippen LogP contribution < -0.4 is 15.4 Å². The molecule has 1 unspecified atom stereocenters. The Morgan fingerprint density at radius 1 is 1.31 bits per heavy atom. The highest BCUT2D eigenvalue weighted by atomic mass is 16.6. The number of rotatable bonds is 8. The number of aliphatic imine (C=N–C) groups is 1. The average Bonchev–Trinajstić information content (AvgIpc) is 2.64. The third-order valence-corrected chi connectivity index (χ3v) is 4.31. The van der Waals surface area contributed by atoms with Gasteiger partial charge in [0.2, 0.25) is 5.88 Å². The van der Waals surface area contributed by atoms with Gasteiger partial charge < -0.3 is 25.0 Å². The molecule has 0 aliphatic heterocycles. The van der Waals surface area contributed by atoms with Crippen molar-refractivity contribution < 1.29 is 14.3 Å². The second kappa shape index (κ2) is 11.5. The normalized spacial score (nSPS) is 13.1. The predicted octanol–water partition coefficient (Wildman–Crippen LogP) is 3.04. The Morgan fingerprint density at radius 2 is 2.00 bits per heavy atom. The fourth-order valence-electron chi connectivity index (χ4n) is 2.67. The van der Waals surface area contributed by atoms with Crippen molar-refractivity contribution in [2.75, 3.05) is 27.7 Å². The lowest BCUT2D eigenvalue weighted by atomic mass is 10.0. The van der Waals surface area contributed by atoms with Gasteiger partial charge in [-0.25, -0.2) is 9.78 Å². The van der Waals surface area contributed by atoms with Crippen LogP contribution in [0, 0.1) is 5.92 Å². The van der Waals surface area contributed by atoms with E-state index in [0.29, 0.717) is 12.4 Å². The van der Waals surface area contributed by atoms with E-state index in [1.54, 1.807) is 20.4 Å². The van der Waals surface area contributed by atoms with Crippen molar-refractivity contribution in [2.24, 2.45) is 10.9 Å². The molecule has 1 atom stereocenters. The van der Waals surface area contributed by atoms with Gasteiger partial charge in [0.05, 0.1) is 7.11 Å². The van der Waals surface area contributed by atoms with E-state index in [-0.39, 0.29) is 18.1 Å². The molecule has 29 heavy (non-hydrogen) atoms. The summed E-state index contributed by atoms with van der Waals surface area (Å²) in [5, 5.41) is 6.32. The van der Waals surface area contributed by atoms with Gasteiger partial charge in [0.15, 0.2) is 5.96 Å². The Balaban J connectivity index is 2.56. The number of carbonyl (C=O) groups excluding carboxylic acids is 1. The monoisotopic (exact) mass is 407 g/mol. The number of methoxy groups -OCH3 is 1. The number of hydrogen-bond donors (Lipinski definition) is 2. The van der Waals surface area contributed by atoms with E-state index >= 15 is 0 Å². The molecule has 8 nitrogen and oxygen atoms in total. The number of nitrogens with one attached hydrogen (secondary N) is 2. The van der Waals surface area contributed by atoms with Crippen molar-refractivity contribution in [3.63, 3.8) is 0 Å². The highest BCUT2D eigenvalue weighted by Gasteiger charge is 2.22. The van der Waals surface area contributed by atoms with Crippen molar-refractivity contribution in [2.45, 2.75) is 59.2 Å². The fraction of sp³-hybridized carbons (Fsp3) is 0.667. The first-order valence-electron chi connectivity index (χ1n) is 9.96. The van der Waals surface area contributed by atoms with Crippen LogP contribution in [0.2, 0.25) is 0 Å². The van der Waals surface area contributed by atoms with Gasteiger partial charge in [-0.15, -0.1) is 0 Å². The van der Waals surface area contributed by atoms with Gasteiger partial charge in [-0.1, -0.05) is 19.9 Å². The molecule has 1 aromatic rings. The summed E-state index contributed by atoms with van der Waals surface area (Å²) in [6.07, 6.45) is 2.17. The largest absolute Gasteiger partial charge is 0.481 e. The molecule has 0 aliphatic carbocycles. The number of nitrogens with zero attached hydrogens (tertiary/aromatic N) is 3. The highest BCUT2D eigenvalue weighted by molar-refractivity contribution is 5.79. The maximum absolute atomic E-state index is 12.1. The van der Waals surface area contributed by atoms with Gasteiger partial charge >= 0.3 is 6.09 Å². The topological polar surface area (TPSA) is 88.1 Å². The van der Waals surface area contributed by atoms with Crippen LogP contribution in [0.1, 0.15) is 46.6 Å². The van der Waals surface area contributed by atoms with E-state index in [4.69, 9.17) is 9.47 Å². The molecule has 0 aromatic carbocycles. The number of carbonyl (C=O) groups is 1. The molecule has 1 amide bonds. The molecule has 8 heteroatoms. The van der Waals surface area contributed by atoms with Crippen molar-refractivity contribution in [1.82, 2.24) is 20.5 Å². The van der Waals surface area contributed by atoms with Crippen LogP contribution >= 0.6 is 0 Å². The summed E-state index contributed by atoms with van der Waals surface area (Å²) in [5.41, 5.74) is 0.525. The lowest BCUT2D eigenvalue weighted by molar-refractivity contribution is 0.0486. The minimum absolute atomic E-state index is 0.0104. The maximum atomic E-state index is 12.1. The van der Waals surface area contributed by atoms with Gasteiger partial charge in [0.25, 0.3) is 0 Å². The lowest BCUT2D eigenvalue weighted by Gasteiger charge is -2.28. The number of alkyl carbamates (subject to hydrolysis) is 1. The zero-order valence-corrected chi connectivity index (χ0v) is 19.1. The molecule has 0 aliphatic rings. The standard InChI is InChI=1S/C21H37N5O3/c1-15(2)17(25-20(27)29-21(3,4)5)11-12-26(7)19(22-6)24-14-16-9-10-18(28-8)23-13-16/h9-10,13,15,17H,11-12,14H2,1-8H3,(H,22,24)(H,25,27). The molecule has 0 bridgehead atoms. The quantitative estimate of drug-likeness (QED) is 0.509. The number of hydrogen-bond acceptors (Lipinski definition) is 5. The smallest absolute Gasteiger partial charge is 0.407 e.